The summed E-state index contributed by atoms with van der Waals surface area (Å²) < 4.78 is 34.6. The third-order valence-electron chi connectivity index (χ3n) is 3.01. The second-order valence-electron chi connectivity index (χ2n) is 4.38. The van der Waals surface area contributed by atoms with Gasteiger partial charge in [0.05, 0.1) is 10.8 Å². The van der Waals surface area contributed by atoms with Crippen LogP contribution in [0.1, 0.15) is 12.5 Å². The van der Waals surface area contributed by atoms with E-state index in [2.05, 4.69) is 5.32 Å². The van der Waals surface area contributed by atoms with Gasteiger partial charge >= 0.3 is 0 Å². The van der Waals surface area contributed by atoms with Crippen LogP contribution in [0.3, 0.4) is 0 Å². The van der Waals surface area contributed by atoms with Crippen LogP contribution in [0.4, 0.5) is 0 Å². The highest BCUT2D eigenvalue weighted by Crippen LogP contribution is 2.40. The van der Waals surface area contributed by atoms with Crippen molar-refractivity contribution in [2.24, 2.45) is 0 Å². The first-order valence-corrected chi connectivity index (χ1v) is 7.95. The molecule has 1 N–H and O–H groups in total. The van der Waals surface area contributed by atoms with Gasteiger partial charge in [-0.05, 0) is 24.6 Å². The number of fused-ring (bicyclic) bond motifs is 1. The molecule has 1 heterocycles. The summed E-state index contributed by atoms with van der Waals surface area (Å²) in [6.07, 6.45) is 0. The number of carbonyl (C=O) groups excluding carboxylic acids is 1. The maximum atomic E-state index is 12.1. The van der Waals surface area contributed by atoms with E-state index < -0.39 is 21.0 Å². The Morgan fingerprint density at radius 1 is 1.45 bits per heavy atom. The van der Waals surface area contributed by atoms with Crippen molar-refractivity contribution in [2.45, 2.75) is 17.9 Å². The van der Waals surface area contributed by atoms with Crippen LogP contribution < -0.4 is 14.8 Å². The van der Waals surface area contributed by atoms with Gasteiger partial charge in [0, 0.05) is 7.05 Å². The average Bonchev–Trinajstić information content (AvgIpc) is 2.85. The second kappa shape index (κ2) is 5.49. The van der Waals surface area contributed by atoms with Crippen molar-refractivity contribution in [3.05, 3.63) is 22.7 Å². The van der Waals surface area contributed by atoms with Gasteiger partial charge in [0.1, 0.15) is 5.25 Å². The molecule has 2 rings (SSSR count). The van der Waals surface area contributed by atoms with Gasteiger partial charge < -0.3 is 14.8 Å². The topological polar surface area (TPSA) is 81.7 Å². The number of amides is 1. The fraction of sp³-hybridized carbons (Fsp3) is 0.417. The first-order valence-electron chi connectivity index (χ1n) is 5.86. The van der Waals surface area contributed by atoms with Crippen molar-refractivity contribution < 1.29 is 22.7 Å². The number of carbonyl (C=O) groups is 1. The summed E-state index contributed by atoms with van der Waals surface area (Å²) in [4.78, 5) is 11.4. The van der Waals surface area contributed by atoms with Gasteiger partial charge in [0.15, 0.2) is 21.3 Å². The molecule has 1 aliphatic rings. The average molecular weight is 320 g/mol. The zero-order valence-corrected chi connectivity index (χ0v) is 12.5. The molecule has 0 saturated carbocycles. The fourth-order valence-corrected chi connectivity index (χ4v) is 3.44. The van der Waals surface area contributed by atoms with E-state index in [1.807, 2.05) is 0 Å². The van der Waals surface area contributed by atoms with Crippen molar-refractivity contribution in [3.63, 3.8) is 0 Å². The lowest BCUT2D eigenvalue weighted by Crippen LogP contribution is -2.36. The van der Waals surface area contributed by atoms with Crippen LogP contribution in [0, 0.1) is 0 Å². The van der Waals surface area contributed by atoms with Crippen LogP contribution in [-0.2, 0) is 20.4 Å². The smallest absolute Gasteiger partial charge is 0.237 e. The monoisotopic (exact) mass is 319 g/mol. The number of hydrogen-bond donors (Lipinski definition) is 1. The summed E-state index contributed by atoms with van der Waals surface area (Å²) in [6.45, 7) is 1.41. The molecule has 6 nitrogen and oxygen atoms in total. The summed E-state index contributed by atoms with van der Waals surface area (Å²) in [5.41, 5.74) is 0.454. The largest absolute Gasteiger partial charge is 0.454 e. The molecule has 1 aliphatic heterocycles. The van der Waals surface area contributed by atoms with Crippen molar-refractivity contribution in [1.82, 2.24) is 5.32 Å². The SMILES string of the molecule is CNC(=O)[C@@H](C)S(=O)(=O)Cc1cc(Cl)c2c(c1)OCO2. The summed E-state index contributed by atoms with van der Waals surface area (Å²) in [7, 11) is -2.23. The molecule has 20 heavy (non-hydrogen) atoms. The first-order chi connectivity index (χ1) is 9.35. The highest BCUT2D eigenvalue weighted by atomic mass is 35.5. The number of rotatable bonds is 4. The maximum absolute atomic E-state index is 12.1. The summed E-state index contributed by atoms with van der Waals surface area (Å²) in [5, 5.41) is 1.48. The van der Waals surface area contributed by atoms with E-state index in [9.17, 15) is 13.2 Å². The number of hydrogen-bond acceptors (Lipinski definition) is 5. The van der Waals surface area contributed by atoms with Crippen LogP contribution in [-0.4, -0.2) is 33.4 Å². The summed E-state index contributed by atoms with van der Waals surface area (Å²) >= 11 is 5.99. The van der Waals surface area contributed by atoms with Gasteiger partial charge in [-0.3, -0.25) is 4.79 Å². The minimum Gasteiger partial charge on any atom is -0.454 e. The molecule has 110 valence electrons. The van der Waals surface area contributed by atoms with Gasteiger partial charge in [-0.2, -0.15) is 0 Å². The molecule has 0 saturated heterocycles. The lowest BCUT2D eigenvalue weighted by Gasteiger charge is -2.12. The number of sulfone groups is 1. The molecule has 1 atom stereocenters. The van der Waals surface area contributed by atoms with E-state index in [-0.39, 0.29) is 17.6 Å². The maximum Gasteiger partial charge on any atom is 0.237 e. The van der Waals surface area contributed by atoms with Gasteiger partial charge in [-0.15, -0.1) is 0 Å². The third-order valence-corrected chi connectivity index (χ3v) is 5.32. The van der Waals surface area contributed by atoms with Crippen LogP contribution in [0.25, 0.3) is 0 Å². The summed E-state index contributed by atoms with van der Waals surface area (Å²) in [5.74, 6) is -0.0166. The van der Waals surface area contributed by atoms with E-state index in [4.69, 9.17) is 21.1 Å². The molecule has 1 aromatic rings. The molecule has 0 fully saturated rings. The van der Waals surface area contributed by atoms with E-state index in [1.165, 1.54) is 20.0 Å². The van der Waals surface area contributed by atoms with Crippen molar-refractivity contribution in [1.29, 1.82) is 0 Å². The molecule has 0 unspecified atom stereocenters. The lowest BCUT2D eigenvalue weighted by molar-refractivity contribution is -0.119. The highest BCUT2D eigenvalue weighted by molar-refractivity contribution is 7.92. The molecule has 0 spiro atoms. The second-order valence-corrected chi connectivity index (χ2v) is 7.10. The van der Waals surface area contributed by atoms with Gasteiger partial charge in [0.2, 0.25) is 12.7 Å². The predicted molar refractivity (Wildman–Crippen MR) is 73.7 cm³/mol. The van der Waals surface area contributed by atoms with E-state index in [0.717, 1.165) is 0 Å². The Morgan fingerprint density at radius 2 is 2.15 bits per heavy atom. The summed E-state index contributed by atoms with van der Waals surface area (Å²) in [6, 6.07) is 3.06. The highest BCUT2D eigenvalue weighted by Gasteiger charge is 2.28. The normalized spacial score (nSPS) is 14.9. The molecule has 8 heteroatoms. The Balaban J connectivity index is 2.26. The van der Waals surface area contributed by atoms with Gasteiger partial charge in [-0.25, -0.2) is 8.42 Å². The van der Waals surface area contributed by atoms with Crippen molar-refractivity contribution in [2.75, 3.05) is 13.8 Å². The zero-order chi connectivity index (χ0) is 14.9. The molecular formula is C12H14ClNO5S. The Morgan fingerprint density at radius 3 is 2.80 bits per heavy atom. The molecule has 0 aliphatic carbocycles. The van der Waals surface area contributed by atoms with Crippen molar-refractivity contribution >= 4 is 27.3 Å². The molecule has 1 amide bonds. The number of ether oxygens (including phenoxy) is 2. The van der Waals surface area contributed by atoms with Gasteiger partial charge in [-0.1, -0.05) is 11.6 Å². The lowest BCUT2D eigenvalue weighted by atomic mass is 10.2. The quantitative estimate of drug-likeness (QED) is 0.899. The minimum absolute atomic E-state index is 0.0555. The van der Waals surface area contributed by atoms with Crippen LogP contribution in [0.5, 0.6) is 11.5 Å². The molecule has 1 aromatic carbocycles. The first kappa shape index (κ1) is 14.9. The number of nitrogens with one attached hydrogen (secondary N) is 1. The van der Waals surface area contributed by atoms with Crippen LogP contribution >= 0.6 is 11.6 Å². The van der Waals surface area contributed by atoms with Crippen LogP contribution in [0.15, 0.2) is 12.1 Å². The van der Waals surface area contributed by atoms with Gasteiger partial charge in [0.25, 0.3) is 0 Å². The number of halogens is 1. The number of benzene rings is 1. The minimum atomic E-state index is -3.63. The van der Waals surface area contributed by atoms with E-state index in [1.54, 1.807) is 6.07 Å². The Hall–Kier alpha value is -1.47. The standard InChI is InChI=1S/C12H14ClNO5S/c1-7(12(15)14-2)20(16,17)5-8-3-9(13)11-10(4-8)18-6-19-11/h3-4,7H,5-6H2,1-2H3,(H,14,15)/t7-/m1/s1. The Kier molecular flexibility index (Phi) is 4.10. The van der Waals surface area contributed by atoms with E-state index in [0.29, 0.717) is 17.1 Å². The molecular weight excluding hydrogens is 306 g/mol. The van der Waals surface area contributed by atoms with E-state index >= 15 is 0 Å². The molecule has 0 radical (unpaired) electrons. The van der Waals surface area contributed by atoms with Crippen LogP contribution in [0.2, 0.25) is 5.02 Å². The fourth-order valence-electron chi connectivity index (χ4n) is 1.83. The molecule has 0 bridgehead atoms. The Labute approximate surface area is 121 Å². The zero-order valence-electron chi connectivity index (χ0n) is 11.0. The Bertz CT molecular complexity index is 643. The predicted octanol–water partition coefficient (Wildman–Crippen LogP) is 1.12. The third kappa shape index (κ3) is 2.83. The van der Waals surface area contributed by atoms with Crippen molar-refractivity contribution in [3.8, 4) is 11.5 Å². The molecule has 0 aromatic heterocycles.